The Kier molecular flexibility index (Phi) is 4.07. The first-order valence-corrected chi connectivity index (χ1v) is 9.45. The van der Waals surface area contributed by atoms with Crippen molar-refractivity contribution in [1.29, 1.82) is 0 Å². The number of nitrogens with one attached hydrogen (secondary N) is 1. The van der Waals surface area contributed by atoms with Crippen molar-refractivity contribution >= 4 is 27.3 Å². The molecule has 0 spiro atoms. The third-order valence-corrected chi connectivity index (χ3v) is 4.70. The van der Waals surface area contributed by atoms with Crippen molar-refractivity contribution in [2.45, 2.75) is 31.2 Å². The van der Waals surface area contributed by atoms with Gasteiger partial charge in [-0.3, -0.25) is 4.72 Å². The Bertz CT molecular complexity index is 828. The van der Waals surface area contributed by atoms with E-state index in [1.54, 1.807) is 18.2 Å². The lowest BCUT2D eigenvalue weighted by Gasteiger charge is -2.17. The van der Waals surface area contributed by atoms with Crippen LogP contribution in [0.25, 0.3) is 11.5 Å². The number of hydrogen-bond acceptors (Lipinski definition) is 6. The van der Waals surface area contributed by atoms with Crippen molar-refractivity contribution < 1.29 is 12.9 Å². The van der Waals surface area contributed by atoms with Crippen LogP contribution < -0.4 is 10.5 Å². The minimum atomic E-state index is -3.45. The van der Waals surface area contributed by atoms with Gasteiger partial charge in [0.15, 0.2) is 5.82 Å². The zero-order valence-electron chi connectivity index (χ0n) is 12.5. The predicted octanol–water partition coefficient (Wildman–Crippen LogP) is 2.49. The molecule has 1 aromatic carbocycles. The lowest BCUT2D eigenvalue weighted by molar-refractivity contribution is 0.373. The van der Waals surface area contributed by atoms with Gasteiger partial charge in [-0.05, 0) is 31.0 Å². The average molecular weight is 357 g/mol. The molecule has 0 saturated heterocycles. The molecule has 1 aromatic heterocycles. The average Bonchev–Trinajstić information content (AvgIpc) is 3.09. The first kappa shape index (κ1) is 16.2. The minimum absolute atomic E-state index is 0.186. The van der Waals surface area contributed by atoms with Crippen molar-refractivity contribution in [2.75, 3.05) is 11.0 Å². The van der Waals surface area contributed by atoms with E-state index in [1.165, 1.54) is 0 Å². The van der Waals surface area contributed by atoms with E-state index in [0.717, 1.165) is 31.9 Å². The van der Waals surface area contributed by atoms with Gasteiger partial charge in [0.1, 0.15) is 0 Å². The fourth-order valence-corrected chi connectivity index (χ4v) is 3.50. The lowest BCUT2D eigenvalue weighted by Crippen LogP contribution is -2.34. The van der Waals surface area contributed by atoms with Gasteiger partial charge in [-0.25, -0.2) is 8.42 Å². The number of halogens is 1. The van der Waals surface area contributed by atoms with E-state index in [2.05, 4.69) is 14.9 Å². The van der Waals surface area contributed by atoms with Crippen molar-refractivity contribution in [1.82, 2.24) is 10.1 Å². The molecule has 1 aliphatic rings. The fourth-order valence-electron chi connectivity index (χ4n) is 2.75. The molecule has 0 bridgehead atoms. The van der Waals surface area contributed by atoms with Crippen LogP contribution in [-0.4, -0.2) is 24.8 Å². The summed E-state index contributed by atoms with van der Waals surface area (Å²) < 4.78 is 30.7. The largest absolute Gasteiger partial charge is 0.334 e. The molecule has 0 atom stereocenters. The number of benzene rings is 1. The van der Waals surface area contributed by atoms with Crippen LogP contribution in [0.4, 0.5) is 5.69 Å². The standard InChI is InChI=1S/C14H17ClN4O3S/c1-23(20,21)19-11-5-4-9(15)8-10(11)12-17-13(18-22-12)14(16)6-2-3-7-14/h4-5,8,19H,2-3,6-7,16H2,1H3. The second-order valence-corrected chi connectivity index (χ2v) is 8.04. The highest BCUT2D eigenvalue weighted by Crippen LogP contribution is 2.37. The third-order valence-electron chi connectivity index (χ3n) is 3.87. The lowest BCUT2D eigenvalue weighted by atomic mass is 9.98. The van der Waals surface area contributed by atoms with Crippen molar-refractivity contribution in [3.63, 3.8) is 0 Å². The number of hydrogen-bond donors (Lipinski definition) is 2. The molecule has 124 valence electrons. The van der Waals surface area contributed by atoms with Gasteiger partial charge in [0.25, 0.3) is 5.89 Å². The molecule has 3 rings (SSSR count). The second kappa shape index (κ2) is 5.77. The van der Waals surface area contributed by atoms with Gasteiger partial charge in [-0.15, -0.1) is 0 Å². The quantitative estimate of drug-likeness (QED) is 0.870. The number of rotatable bonds is 4. The van der Waals surface area contributed by atoms with Crippen LogP contribution in [0.5, 0.6) is 0 Å². The number of anilines is 1. The third kappa shape index (κ3) is 3.49. The molecule has 1 aliphatic carbocycles. The summed E-state index contributed by atoms with van der Waals surface area (Å²) in [7, 11) is -3.45. The van der Waals surface area contributed by atoms with Gasteiger partial charge in [0.2, 0.25) is 10.0 Å². The summed E-state index contributed by atoms with van der Waals surface area (Å²) in [6.45, 7) is 0. The summed E-state index contributed by atoms with van der Waals surface area (Å²) in [4.78, 5) is 4.37. The zero-order chi connectivity index (χ0) is 16.7. The highest BCUT2D eigenvalue weighted by molar-refractivity contribution is 7.92. The summed E-state index contributed by atoms with van der Waals surface area (Å²) in [5.41, 5.74) is 6.48. The topological polar surface area (TPSA) is 111 Å². The minimum Gasteiger partial charge on any atom is -0.334 e. The van der Waals surface area contributed by atoms with Crippen molar-refractivity contribution in [3.05, 3.63) is 29.0 Å². The normalized spacial score (nSPS) is 17.3. The van der Waals surface area contributed by atoms with Crippen molar-refractivity contribution in [2.24, 2.45) is 5.73 Å². The summed E-state index contributed by atoms with van der Waals surface area (Å²) in [6.07, 6.45) is 4.72. The molecule has 7 nitrogen and oxygen atoms in total. The van der Waals surface area contributed by atoms with Crippen molar-refractivity contribution in [3.8, 4) is 11.5 Å². The zero-order valence-corrected chi connectivity index (χ0v) is 14.1. The summed E-state index contributed by atoms with van der Waals surface area (Å²) >= 11 is 6.01. The molecule has 0 aliphatic heterocycles. The Hall–Kier alpha value is -1.64. The Morgan fingerprint density at radius 2 is 2.04 bits per heavy atom. The van der Waals surface area contributed by atoms with E-state index in [0.29, 0.717) is 22.1 Å². The maximum atomic E-state index is 11.5. The second-order valence-electron chi connectivity index (χ2n) is 5.85. The summed E-state index contributed by atoms with van der Waals surface area (Å²) in [6, 6.07) is 4.71. The number of sulfonamides is 1. The smallest absolute Gasteiger partial charge is 0.260 e. The highest BCUT2D eigenvalue weighted by Gasteiger charge is 2.36. The van der Waals surface area contributed by atoms with Crippen LogP contribution in [0.2, 0.25) is 5.02 Å². The molecule has 1 fully saturated rings. The molecule has 2 aromatic rings. The molecule has 0 unspecified atom stereocenters. The molecule has 1 saturated carbocycles. The van der Waals surface area contributed by atoms with Crippen LogP contribution in [0.1, 0.15) is 31.5 Å². The van der Waals surface area contributed by atoms with Gasteiger partial charge < -0.3 is 10.3 Å². The number of nitrogens with two attached hydrogens (primary N) is 1. The monoisotopic (exact) mass is 356 g/mol. The Labute approximate surface area is 139 Å². The van der Waals surface area contributed by atoms with Gasteiger partial charge in [0.05, 0.1) is 23.0 Å². The van der Waals surface area contributed by atoms with Gasteiger partial charge in [-0.2, -0.15) is 4.98 Å². The van der Waals surface area contributed by atoms with Crippen LogP contribution in [0.15, 0.2) is 22.7 Å². The first-order chi connectivity index (χ1) is 10.8. The molecule has 1 heterocycles. The Balaban J connectivity index is 2.01. The Morgan fingerprint density at radius 1 is 1.35 bits per heavy atom. The maximum absolute atomic E-state index is 11.5. The van der Waals surface area contributed by atoms with E-state index in [9.17, 15) is 8.42 Å². The van der Waals surface area contributed by atoms with Crippen LogP contribution in [-0.2, 0) is 15.6 Å². The van der Waals surface area contributed by atoms with E-state index in [4.69, 9.17) is 21.9 Å². The van der Waals surface area contributed by atoms with E-state index < -0.39 is 15.6 Å². The van der Waals surface area contributed by atoms with Gasteiger partial charge in [0, 0.05) is 5.02 Å². The van der Waals surface area contributed by atoms with Crippen LogP contribution in [0, 0.1) is 0 Å². The van der Waals surface area contributed by atoms with E-state index >= 15 is 0 Å². The molecule has 9 heteroatoms. The highest BCUT2D eigenvalue weighted by atomic mass is 35.5. The maximum Gasteiger partial charge on any atom is 0.260 e. The van der Waals surface area contributed by atoms with E-state index in [1.807, 2.05) is 0 Å². The molecule has 0 amide bonds. The fraction of sp³-hybridized carbons (Fsp3) is 0.429. The Morgan fingerprint density at radius 3 is 2.70 bits per heavy atom. The number of aromatic nitrogens is 2. The van der Waals surface area contributed by atoms with Gasteiger partial charge >= 0.3 is 0 Å². The van der Waals surface area contributed by atoms with Gasteiger partial charge in [-0.1, -0.05) is 29.6 Å². The number of nitrogens with zero attached hydrogens (tertiary/aromatic N) is 2. The molecule has 3 N–H and O–H groups in total. The van der Waals surface area contributed by atoms with Crippen LogP contribution in [0.3, 0.4) is 0 Å². The van der Waals surface area contributed by atoms with E-state index in [-0.39, 0.29) is 5.89 Å². The molecular weight excluding hydrogens is 340 g/mol. The summed E-state index contributed by atoms with van der Waals surface area (Å²) in [5.74, 6) is 0.626. The predicted molar refractivity (Wildman–Crippen MR) is 87.5 cm³/mol. The molecule has 0 radical (unpaired) electrons. The first-order valence-electron chi connectivity index (χ1n) is 7.18. The molecule has 23 heavy (non-hydrogen) atoms. The SMILES string of the molecule is CS(=O)(=O)Nc1ccc(Cl)cc1-c1nc(C2(N)CCCC2)no1. The van der Waals surface area contributed by atoms with Crippen LogP contribution >= 0.6 is 11.6 Å². The molecular formula is C14H17ClN4O3S. The summed E-state index contributed by atoms with van der Waals surface area (Å²) in [5, 5.41) is 4.41.